The molecule has 0 atom stereocenters. The fraction of sp³-hybridized carbons (Fsp3) is 0.320. The lowest BCUT2D eigenvalue weighted by atomic mass is 10.1. The van der Waals surface area contributed by atoms with Crippen LogP contribution in [0.2, 0.25) is 0 Å². The van der Waals surface area contributed by atoms with Crippen molar-refractivity contribution in [2.75, 3.05) is 62.4 Å². The Hall–Kier alpha value is -3.69. The summed E-state index contributed by atoms with van der Waals surface area (Å²) in [7, 11) is 0. The average Bonchev–Trinajstić information content (AvgIpc) is 3.53. The molecule has 2 aliphatic rings. The number of ether oxygens (including phenoxy) is 2. The van der Waals surface area contributed by atoms with E-state index < -0.39 is 0 Å². The van der Waals surface area contributed by atoms with E-state index in [1.165, 1.54) is 0 Å². The number of anilines is 2. The number of nitrogens with zero attached hydrogens (tertiary/aromatic N) is 5. The number of aromatic nitrogens is 4. The standard InChI is InChI=1S/C25H24N6O3/c1-2-18(17-4-5-26-20(17)3-1)23-28-21-19-14-16(30-6-10-32-11-7-30)15-27-25(19)34-22(21)24(29-23)31-8-12-33-13-9-31/h1-5,14-15,26H,6-13H2. The van der Waals surface area contributed by atoms with Crippen molar-refractivity contribution in [3.05, 3.63) is 42.7 Å². The van der Waals surface area contributed by atoms with Crippen LogP contribution in [0.3, 0.4) is 0 Å². The first-order valence-corrected chi connectivity index (χ1v) is 11.7. The number of fused-ring (bicyclic) bond motifs is 4. The molecule has 2 saturated heterocycles. The van der Waals surface area contributed by atoms with E-state index >= 15 is 0 Å². The van der Waals surface area contributed by atoms with Crippen LogP contribution in [0.25, 0.3) is 44.5 Å². The third kappa shape index (κ3) is 3.19. The van der Waals surface area contributed by atoms with Gasteiger partial charge in [0.2, 0.25) is 5.71 Å². The summed E-state index contributed by atoms with van der Waals surface area (Å²) in [4.78, 5) is 22.5. The molecule has 1 aromatic carbocycles. The van der Waals surface area contributed by atoms with Crippen molar-refractivity contribution in [2.45, 2.75) is 0 Å². The largest absolute Gasteiger partial charge is 0.432 e. The van der Waals surface area contributed by atoms with Crippen LogP contribution in [0, 0.1) is 0 Å². The van der Waals surface area contributed by atoms with Crippen LogP contribution < -0.4 is 9.80 Å². The molecule has 7 rings (SSSR count). The van der Waals surface area contributed by atoms with Crippen LogP contribution in [0.5, 0.6) is 0 Å². The molecule has 2 aliphatic heterocycles. The summed E-state index contributed by atoms with van der Waals surface area (Å²) in [5.74, 6) is 1.47. The first-order chi connectivity index (χ1) is 16.8. The molecule has 1 N–H and O–H groups in total. The van der Waals surface area contributed by atoms with E-state index in [-0.39, 0.29) is 0 Å². The second-order valence-electron chi connectivity index (χ2n) is 8.64. The number of benzene rings is 1. The van der Waals surface area contributed by atoms with Crippen LogP contribution >= 0.6 is 0 Å². The predicted molar refractivity (Wildman–Crippen MR) is 130 cm³/mol. The molecule has 0 saturated carbocycles. The molecule has 0 bridgehead atoms. The summed E-state index contributed by atoms with van der Waals surface area (Å²) in [5.41, 5.74) is 5.14. The second-order valence-corrected chi connectivity index (χ2v) is 8.64. The van der Waals surface area contributed by atoms with Crippen molar-refractivity contribution in [3.8, 4) is 11.4 Å². The number of furan rings is 1. The van der Waals surface area contributed by atoms with Crippen molar-refractivity contribution in [1.82, 2.24) is 19.9 Å². The van der Waals surface area contributed by atoms with Crippen LogP contribution in [0.1, 0.15) is 0 Å². The number of pyridine rings is 1. The molecule has 0 unspecified atom stereocenters. The van der Waals surface area contributed by atoms with Crippen molar-refractivity contribution < 1.29 is 13.9 Å². The molecule has 0 spiro atoms. The van der Waals surface area contributed by atoms with Crippen LogP contribution in [0.15, 0.2) is 47.1 Å². The summed E-state index contributed by atoms with van der Waals surface area (Å²) in [6.07, 6.45) is 3.82. The van der Waals surface area contributed by atoms with E-state index in [9.17, 15) is 0 Å². The van der Waals surface area contributed by atoms with E-state index in [2.05, 4.69) is 44.0 Å². The highest BCUT2D eigenvalue weighted by Crippen LogP contribution is 2.37. The molecule has 5 aromatic rings. The van der Waals surface area contributed by atoms with Gasteiger partial charge in [0.1, 0.15) is 5.52 Å². The quantitative estimate of drug-likeness (QED) is 0.440. The van der Waals surface area contributed by atoms with E-state index in [4.69, 9.17) is 23.9 Å². The van der Waals surface area contributed by atoms with Gasteiger partial charge >= 0.3 is 0 Å². The minimum atomic E-state index is 0.577. The maximum Gasteiger partial charge on any atom is 0.229 e. The Labute approximate surface area is 195 Å². The molecule has 6 heterocycles. The Bertz CT molecular complexity index is 1500. The Morgan fingerprint density at radius 2 is 1.65 bits per heavy atom. The van der Waals surface area contributed by atoms with Gasteiger partial charge in [-0.05, 0) is 18.2 Å². The van der Waals surface area contributed by atoms with Crippen LogP contribution in [-0.2, 0) is 9.47 Å². The van der Waals surface area contributed by atoms with Crippen molar-refractivity contribution >= 4 is 44.6 Å². The Morgan fingerprint density at radius 1 is 0.853 bits per heavy atom. The van der Waals surface area contributed by atoms with Gasteiger partial charge in [-0.25, -0.2) is 15.0 Å². The Balaban J connectivity index is 1.46. The first-order valence-electron chi connectivity index (χ1n) is 11.7. The fourth-order valence-corrected chi connectivity index (χ4v) is 4.89. The normalized spacial score (nSPS) is 17.3. The number of nitrogens with one attached hydrogen (secondary N) is 1. The zero-order chi connectivity index (χ0) is 22.5. The monoisotopic (exact) mass is 456 g/mol. The lowest BCUT2D eigenvalue weighted by molar-refractivity contribution is 0.122. The van der Waals surface area contributed by atoms with Crippen molar-refractivity contribution in [1.29, 1.82) is 0 Å². The van der Waals surface area contributed by atoms with Crippen LogP contribution in [0.4, 0.5) is 11.5 Å². The number of rotatable bonds is 3. The van der Waals surface area contributed by atoms with Gasteiger partial charge in [0.25, 0.3) is 0 Å². The van der Waals surface area contributed by atoms with E-state index in [0.717, 1.165) is 78.3 Å². The molecule has 0 aliphatic carbocycles. The van der Waals surface area contributed by atoms with Crippen molar-refractivity contribution in [3.63, 3.8) is 0 Å². The molecular weight excluding hydrogens is 432 g/mol. The topological polar surface area (TPSA) is 92.5 Å². The second kappa shape index (κ2) is 7.96. The van der Waals surface area contributed by atoms with Gasteiger partial charge in [0, 0.05) is 48.8 Å². The smallest absolute Gasteiger partial charge is 0.229 e. The third-order valence-electron chi connectivity index (χ3n) is 6.66. The van der Waals surface area contributed by atoms with Gasteiger partial charge in [-0.3, -0.25) is 0 Å². The molecule has 9 heteroatoms. The fourth-order valence-electron chi connectivity index (χ4n) is 4.89. The lowest BCUT2D eigenvalue weighted by Crippen LogP contribution is -2.37. The number of hydrogen-bond donors (Lipinski definition) is 1. The zero-order valence-electron chi connectivity index (χ0n) is 18.7. The van der Waals surface area contributed by atoms with Gasteiger partial charge in [-0.15, -0.1) is 0 Å². The molecule has 0 radical (unpaired) electrons. The number of hydrogen-bond acceptors (Lipinski definition) is 8. The summed E-state index contributed by atoms with van der Waals surface area (Å²) >= 11 is 0. The van der Waals surface area contributed by atoms with E-state index in [1.54, 1.807) is 0 Å². The molecule has 2 fully saturated rings. The van der Waals surface area contributed by atoms with E-state index in [0.29, 0.717) is 30.3 Å². The highest BCUT2D eigenvalue weighted by Gasteiger charge is 2.24. The molecular formula is C25H24N6O3. The summed E-state index contributed by atoms with van der Waals surface area (Å²) in [6, 6.07) is 10.4. The van der Waals surface area contributed by atoms with Crippen LogP contribution in [-0.4, -0.2) is 72.5 Å². The number of H-pyrrole nitrogens is 1. The minimum absolute atomic E-state index is 0.577. The van der Waals surface area contributed by atoms with Gasteiger partial charge in [0.05, 0.1) is 43.7 Å². The summed E-state index contributed by atoms with van der Waals surface area (Å²) in [6.45, 7) is 5.96. The molecule has 9 nitrogen and oxygen atoms in total. The van der Waals surface area contributed by atoms with Gasteiger partial charge in [0.15, 0.2) is 17.2 Å². The van der Waals surface area contributed by atoms with Gasteiger partial charge in [-0.2, -0.15) is 0 Å². The molecule has 34 heavy (non-hydrogen) atoms. The lowest BCUT2D eigenvalue weighted by Gasteiger charge is -2.28. The highest BCUT2D eigenvalue weighted by molar-refractivity contribution is 6.07. The van der Waals surface area contributed by atoms with E-state index in [1.807, 2.05) is 18.5 Å². The third-order valence-corrected chi connectivity index (χ3v) is 6.66. The summed E-state index contributed by atoms with van der Waals surface area (Å²) in [5, 5.41) is 1.99. The average molecular weight is 457 g/mol. The minimum Gasteiger partial charge on any atom is -0.432 e. The maximum absolute atomic E-state index is 6.27. The number of morpholine rings is 2. The molecule has 4 aromatic heterocycles. The highest BCUT2D eigenvalue weighted by atomic mass is 16.5. The SMILES string of the molecule is c1cc(-c2nc(N3CCOCC3)c3oc4ncc(N5CCOCC5)cc4c3n2)c2cc[nH]c2c1. The maximum atomic E-state index is 6.27. The number of aromatic amines is 1. The Morgan fingerprint density at radius 3 is 2.47 bits per heavy atom. The Kier molecular flexibility index (Phi) is 4.63. The van der Waals surface area contributed by atoms with Crippen molar-refractivity contribution in [2.24, 2.45) is 0 Å². The van der Waals surface area contributed by atoms with Gasteiger partial charge in [-0.1, -0.05) is 12.1 Å². The molecule has 172 valence electrons. The van der Waals surface area contributed by atoms with Gasteiger partial charge < -0.3 is 28.7 Å². The zero-order valence-corrected chi connectivity index (χ0v) is 18.7. The molecule has 0 amide bonds. The summed E-state index contributed by atoms with van der Waals surface area (Å²) < 4.78 is 17.4. The first kappa shape index (κ1) is 19.7. The predicted octanol–water partition coefficient (Wildman–Crippen LogP) is 3.59.